The molecule has 0 unspecified atom stereocenters. The molecule has 1 amide bonds. The van der Waals surface area contributed by atoms with Gasteiger partial charge in [-0.15, -0.1) is 0 Å². The standard InChI is InChI=1S/C21H21F2NO5/c1-21(2,3)19(27)24-15-8-4-13(5-9-15)17(25)12-28-18(26)14-6-10-16(11-7-14)29-20(22)23/h4-11,20H,12H2,1-3H3,(H,24,27). The number of amides is 1. The Morgan fingerprint density at radius 2 is 1.48 bits per heavy atom. The van der Waals surface area contributed by atoms with E-state index in [9.17, 15) is 23.2 Å². The van der Waals surface area contributed by atoms with E-state index in [2.05, 4.69) is 10.1 Å². The Hall–Kier alpha value is -3.29. The molecule has 154 valence electrons. The van der Waals surface area contributed by atoms with Gasteiger partial charge in [0.15, 0.2) is 12.4 Å². The second-order valence-corrected chi connectivity index (χ2v) is 7.18. The summed E-state index contributed by atoms with van der Waals surface area (Å²) >= 11 is 0. The topological polar surface area (TPSA) is 81.7 Å². The lowest BCUT2D eigenvalue weighted by Gasteiger charge is -2.17. The fourth-order valence-electron chi connectivity index (χ4n) is 2.13. The maximum absolute atomic E-state index is 12.2. The Labute approximate surface area is 166 Å². The number of anilines is 1. The minimum atomic E-state index is -2.96. The van der Waals surface area contributed by atoms with Gasteiger partial charge in [-0.25, -0.2) is 4.79 Å². The average Bonchev–Trinajstić information content (AvgIpc) is 2.65. The zero-order valence-corrected chi connectivity index (χ0v) is 16.2. The van der Waals surface area contributed by atoms with Crippen molar-refractivity contribution in [1.82, 2.24) is 0 Å². The Morgan fingerprint density at radius 3 is 2.00 bits per heavy atom. The number of hydrogen-bond donors (Lipinski definition) is 1. The van der Waals surface area contributed by atoms with E-state index < -0.39 is 30.4 Å². The Morgan fingerprint density at radius 1 is 0.931 bits per heavy atom. The van der Waals surface area contributed by atoms with Crippen molar-refractivity contribution in [3.8, 4) is 5.75 Å². The van der Waals surface area contributed by atoms with Crippen LogP contribution in [0.2, 0.25) is 0 Å². The molecule has 2 aromatic rings. The SMILES string of the molecule is CC(C)(C)C(=O)Nc1ccc(C(=O)COC(=O)c2ccc(OC(F)F)cc2)cc1. The third-order valence-electron chi connectivity index (χ3n) is 3.80. The fourth-order valence-corrected chi connectivity index (χ4v) is 2.13. The van der Waals surface area contributed by atoms with Crippen LogP contribution in [-0.2, 0) is 9.53 Å². The molecule has 8 heteroatoms. The van der Waals surface area contributed by atoms with Gasteiger partial charge in [0, 0.05) is 16.7 Å². The number of benzene rings is 2. The van der Waals surface area contributed by atoms with Crippen LogP contribution in [0.1, 0.15) is 41.5 Å². The van der Waals surface area contributed by atoms with Crippen molar-refractivity contribution in [2.24, 2.45) is 5.41 Å². The first-order valence-electron chi connectivity index (χ1n) is 8.73. The molecular formula is C21H21F2NO5. The van der Waals surface area contributed by atoms with Crippen molar-refractivity contribution in [2.45, 2.75) is 27.4 Å². The summed E-state index contributed by atoms with van der Waals surface area (Å²) in [7, 11) is 0. The average molecular weight is 405 g/mol. The number of halogens is 2. The molecule has 6 nitrogen and oxygen atoms in total. The lowest BCUT2D eigenvalue weighted by molar-refractivity contribution is -0.123. The summed E-state index contributed by atoms with van der Waals surface area (Å²) in [6.45, 7) is 1.91. The van der Waals surface area contributed by atoms with Gasteiger partial charge >= 0.3 is 12.6 Å². The second kappa shape index (κ2) is 9.27. The van der Waals surface area contributed by atoms with E-state index in [1.54, 1.807) is 32.9 Å². The summed E-state index contributed by atoms with van der Waals surface area (Å²) in [5, 5.41) is 2.74. The van der Waals surface area contributed by atoms with Gasteiger partial charge in [-0.2, -0.15) is 8.78 Å². The summed E-state index contributed by atoms with van der Waals surface area (Å²) in [4.78, 5) is 36.1. The van der Waals surface area contributed by atoms with Gasteiger partial charge in [0.1, 0.15) is 5.75 Å². The first-order valence-corrected chi connectivity index (χ1v) is 8.73. The van der Waals surface area contributed by atoms with E-state index in [1.165, 1.54) is 36.4 Å². The Kier molecular flexibility index (Phi) is 7.03. The van der Waals surface area contributed by atoms with Gasteiger partial charge in [0.05, 0.1) is 5.56 Å². The molecule has 0 saturated heterocycles. The van der Waals surface area contributed by atoms with Crippen LogP contribution in [0.15, 0.2) is 48.5 Å². The predicted molar refractivity (Wildman–Crippen MR) is 102 cm³/mol. The molecule has 0 fully saturated rings. The van der Waals surface area contributed by atoms with E-state index in [4.69, 9.17) is 4.74 Å². The van der Waals surface area contributed by atoms with Crippen LogP contribution in [0.3, 0.4) is 0 Å². The molecule has 0 atom stereocenters. The van der Waals surface area contributed by atoms with Gasteiger partial charge in [0.25, 0.3) is 0 Å². The van der Waals surface area contributed by atoms with Crippen LogP contribution in [0.5, 0.6) is 5.75 Å². The summed E-state index contributed by atoms with van der Waals surface area (Å²) < 4.78 is 33.4. The van der Waals surface area contributed by atoms with Gasteiger partial charge < -0.3 is 14.8 Å². The predicted octanol–water partition coefficient (Wildman–Crippen LogP) is 4.31. The number of hydrogen-bond acceptors (Lipinski definition) is 5. The number of rotatable bonds is 7. The Bertz CT molecular complexity index is 871. The molecule has 2 rings (SSSR count). The molecule has 0 aliphatic rings. The molecule has 0 aromatic heterocycles. The van der Waals surface area contributed by atoms with Crippen molar-refractivity contribution >= 4 is 23.3 Å². The normalized spacial score (nSPS) is 11.1. The zero-order chi connectivity index (χ0) is 21.6. The van der Waals surface area contributed by atoms with Crippen LogP contribution in [0, 0.1) is 5.41 Å². The molecule has 29 heavy (non-hydrogen) atoms. The maximum Gasteiger partial charge on any atom is 0.387 e. The lowest BCUT2D eigenvalue weighted by Crippen LogP contribution is -2.27. The molecule has 1 N–H and O–H groups in total. The highest BCUT2D eigenvalue weighted by molar-refractivity contribution is 6.00. The highest BCUT2D eigenvalue weighted by Gasteiger charge is 2.21. The van der Waals surface area contributed by atoms with Crippen LogP contribution in [0.25, 0.3) is 0 Å². The third-order valence-corrected chi connectivity index (χ3v) is 3.80. The summed E-state index contributed by atoms with van der Waals surface area (Å²) in [5.41, 5.74) is 0.406. The highest BCUT2D eigenvalue weighted by Crippen LogP contribution is 2.18. The smallest absolute Gasteiger partial charge is 0.387 e. The van der Waals surface area contributed by atoms with Gasteiger partial charge in [-0.1, -0.05) is 20.8 Å². The number of alkyl halides is 2. The number of carbonyl (C=O) groups is 3. The molecule has 0 radical (unpaired) electrons. The summed E-state index contributed by atoms with van der Waals surface area (Å²) in [6, 6.07) is 11.1. The van der Waals surface area contributed by atoms with E-state index in [-0.39, 0.29) is 17.2 Å². The third kappa shape index (κ3) is 6.67. The minimum Gasteiger partial charge on any atom is -0.454 e. The van der Waals surface area contributed by atoms with Crippen molar-refractivity contribution < 1.29 is 32.6 Å². The van der Waals surface area contributed by atoms with Gasteiger partial charge in [0.2, 0.25) is 5.91 Å². The van der Waals surface area contributed by atoms with E-state index in [0.29, 0.717) is 11.3 Å². The largest absolute Gasteiger partial charge is 0.454 e. The van der Waals surface area contributed by atoms with Gasteiger partial charge in [-0.3, -0.25) is 9.59 Å². The number of esters is 1. The lowest BCUT2D eigenvalue weighted by atomic mass is 9.95. The second-order valence-electron chi connectivity index (χ2n) is 7.18. The molecule has 0 spiro atoms. The summed E-state index contributed by atoms with van der Waals surface area (Å²) in [5.74, 6) is -1.44. The molecule has 0 saturated carbocycles. The highest BCUT2D eigenvalue weighted by atomic mass is 19.3. The monoisotopic (exact) mass is 405 g/mol. The van der Waals surface area contributed by atoms with Crippen molar-refractivity contribution in [3.63, 3.8) is 0 Å². The van der Waals surface area contributed by atoms with Crippen LogP contribution >= 0.6 is 0 Å². The Balaban J connectivity index is 1.90. The molecule has 2 aromatic carbocycles. The molecule has 0 bridgehead atoms. The van der Waals surface area contributed by atoms with Crippen molar-refractivity contribution in [3.05, 3.63) is 59.7 Å². The van der Waals surface area contributed by atoms with Crippen molar-refractivity contribution in [2.75, 3.05) is 11.9 Å². The minimum absolute atomic E-state index is 0.0914. The van der Waals surface area contributed by atoms with E-state index >= 15 is 0 Å². The molecule has 0 aliphatic carbocycles. The quantitative estimate of drug-likeness (QED) is 0.548. The first-order chi connectivity index (χ1) is 13.6. The number of ether oxygens (including phenoxy) is 2. The summed E-state index contributed by atoms with van der Waals surface area (Å²) in [6.07, 6.45) is 0. The van der Waals surface area contributed by atoms with Crippen LogP contribution in [0.4, 0.5) is 14.5 Å². The van der Waals surface area contributed by atoms with Gasteiger partial charge in [-0.05, 0) is 48.5 Å². The van der Waals surface area contributed by atoms with Crippen LogP contribution < -0.4 is 10.1 Å². The van der Waals surface area contributed by atoms with E-state index in [0.717, 1.165) is 0 Å². The van der Waals surface area contributed by atoms with Crippen molar-refractivity contribution in [1.29, 1.82) is 0 Å². The zero-order valence-electron chi connectivity index (χ0n) is 16.2. The molecular weight excluding hydrogens is 384 g/mol. The molecule has 0 aliphatic heterocycles. The fraction of sp³-hybridized carbons (Fsp3) is 0.286. The number of nitrogens with one attached hydrogen (secondary N) is 1. The number of carbonyl (C=O) groups excluding carboxylic acids is 3. The number of Topliss-reactive ketones (excluding diaryl/α,β-unsaturated/α-hetero) is 1. The van der Waals surface area contributed by atoms with Crippen LogP contribution in [-0.4, -0.2) is 30.9 Å². The van der Waals surface area contributed by atoms with E-state index in [1.807, 2.05) is 0 Å². The molecule has 0 heterocycles. The maximum atomic E-state index is 12.2. The first kappa shape index (κ1) is 22.0. The number of ketones is 1.